The lowest BCUT2D eigenvalue weighted by atomic mass is 10.1. The van der Waals surface area contributed by atoms with Gasteiger partial charge in [0.05, 0.1) is 18.5 Å². The zero-order valence-corrected chi connectivity index (χ0v) is 16.5. The number of benzene rings is 2. The quantitative estimate of drug-likeness (QED) is 0.682. The van der Waals surface area contributed by atoms with Gasteiger partial charge in [-0.1, -0.05) is 12.1 Å². The van der Waals surface area contributed by atoms with Gasteiger partial charge in [-0.05, 0) is 42.5 Å². The first-order valence-electron chi connectivity index (χ1n) is 9.54. The molecule has 1 aliphatic heterocycles. The summed E-state index contributed by atoms with van der Waals surface area (Å²) >= 11 is 0. The Hall–Kier alpha value is -3.35. The standard InChI is InChI=1S/C22H23FN4O2/c1-25-21(16-7-9-17(29-2)10-8-16)15-19(24-25)22(28)27-13-11-26(12-14-27)20-6-4-3-5-18(20)23/h3-10,15H,11-14H2,1-2H3. The topological polar surface area (TPSA) is 50.6 Å². The fourth-order valence-electron chi connectivity index (χ4n) is 3.62. The Morgan fingerprint density at radius 1 is 1.03 bits per heavy atom. The summed E-state index contributed by atoms with van der Waals surface area (Å²) in [6.07, 6.45) is 0. The summed E-state index contributed by atoms with van der Waals surface area (Å²) in [5.74, 6) is 0.439. The summed E-state index contributed by atoms with van der Waals surface area (Å²) < 4.78 is 20.9. The van der Waals surface area contributed by atoms with Gasteiger partial charge in [0.25, 0.3) is 5.91 Å². The van der Waals surface area contributed by atoms with Crippen molar-refractivity contribution < 1.29 is 13.9 Å². The van der Waals surface area contributed by atoms with E-state index in [2.05, 4.69) is 5.10 Å². The maximum Gasteiger partial charge on any atom is 0.274 e. The van der Waals surface area contributed by atoms with E-state index >= 15 is 0 Å². The molecule has 1 saturated heterocycles. The second-order valence-corrected chi connectivity index (χ2v) is 7.00. The summed E-state index contributed by atoms with van der Waals surface area (Å²) in [6, 6.07) is 16.2. The van der Waals surface area contributed by atoms with Crippen molar-refractivity contribution in [3.8, 4) is 17.0 Å². The Labute approximate surface area is 169 Å². The van der Waals surface area contributed by atoms with Gasteiger partial charge in [0, 0.05) is 38.8 Å². The minimum Gasteiger partial charge on any atom is -0.497 e. The molecule has 2 heterocycles. The lowest BCUT2D eigenvalue weighted by Gasteiger charge is -2.35. The molecule has 0 spiro atoms. The van der Waals surface area contributed by atoms with E-state index in [0.29, 0.717) is 37.6 Å². The Balaban J connectivity index is 1.46. The van der Waals surface area contributed by atoms with Crippen molar-refractivity contribution in [2.75, 3.05) is 38.2 Å². The SMILES string of the molecule is COc1ccc(-c2cc(C(=O)N3CCN(c4ccccc4F)CC3)nn2C)cc1. The van der Waals surface area contributed by atoms with E-state index in [1.54, 1.807) is 28.8 Å². The summed E-state index contributed by atoms with van der Waals surface area (Å²) in [6.45, 7) is 2.24. The molecule has 1 fully saturated rings. The number of nitrogens with zero attached hydrogens (tertiary/aromatic N) is 4. The molecule has 2 aromatic carbocycles. The van der Waals surface area contributed by atoms with Crippen molar-refractivity contribution in [2.24, 2.45) is 7.05 Å². The lowest BCUT2D eigenvalue weighted by molar-refractivity contribution is 0.0740. The van der Waals surface area contributed by atoms with Crippen molar-refractivity contribution in [1.29, 1.82) is 0 Å². The van der Waals surface area contributed by atoms with E-state index < -0.39 is 0 Å². The number of carbonyl (C=O) groups is 1. The molecule has 1 aliphatic rings. The minimum atomic E-state index is -0.235. The highest BCUT2D eigenvalue weighted by Gasteiger charge is 2.25. The van der Waals surface area contributed by atoms with Crippen molar-refractivity contribution in [3.63, 3.8) is 0 Å². The number of hydrogen-bond donors (Lipinski definition) is 0. The molecule has 7 heteroatoms. The van der Waals surface area contributed by atoms with Crippen LogP contribution in [0, 0.1) is 5.82 Å². The number of anilines is 1. The molecule has 150 valence electrons. The van der Waals surface area contributed by atoms with Gasteiger partial charge >= 0.3 is 0 Å². The Bertz CT molecular complexity index is 1010. The number of aromatic nitrogens is 2. The van der Waals surface area contributed by atoms with Crippen molar-refractivity contribution >= 4 is 11.6 Å². The lowest BCUT2D eigenvalue weighted by Crippen LogP contribution is -2.49. The number of carbonyl (C=O) groups excluding carboxylic acids is 1. The van der Waals surface area contributed by atoms with Gasteiger partial charge in [0.1, 0.15) is 11.6 Å². The first-order valence-corrected chi connectivity index (χ1v) is 9.54. The predicted octanol–water partition coefficient (Wildman–Crippen LogP) is 3.20. The molecule has 0 aliphatic carbocycles. The Morgan fingerprint density at radius 2 is 1.72 bits per heavy atom. The van der Waals surface area contributed by atoms with Crippen LogP contribution in [0.25, 0.3) is 11.3 Å². The van der Waals surface area contributed by atoms with E-state index in [9.17, 15) is 9.18 Å². The molecule has 1 amide bonds. The smallest absolute Gasteiger partial charge is 0.274 e. The molecule has 0 atom stereocenters. The van der Waals surface area contributed by atoms with Crippen LogP contribution in [0.15, 0.2) is 54.6 Å². The summed E-state index contributed by atoms with van der Waals surface area (Å²) in [7, 11) is 3.45. The van der Waals surface area contributed by atoms with E-state index in [1.165, 1.54) is 6.07 Å². The van der Waals surface area contributed by atoms with Gasteiger partial charge in [-0.15, -0.1) is 0 Å². The average molecular weight is 394 g/mol. The minimum absolute atomic E-state index is 0.103. The number of hydrogen-bond acceptors (Lipinski definition) is 4. The van der Waals surface area contributed by atoms with Crippen molar-refractivity contribution in [3.05, 3.63) is 66.1 Å². The van der Waals surface area contributed by atoms with Crippen LogP contribution in [-0.4, -0.2) is 53.9 Å². The molecule has 29 heavy (non-hydrogen) atoms. The van der Waals surface area contributed by atoms with Crippen molar-refractivity contribution in [1.82, 2.24) is 14.7 Å². The Kier molecular flexibility index (Phi) is 5.20. The number of ether oxygens (including phenoxy) is 1. The number of methoxy groups -OCH3 is 1. The summed E-state index contributed by atoms with van der Waals surface area (Å²) in [5.41, 5.74) is 2.82. The van der Waals surface area contributed by atoms with Crippen LogP contribution >= 0.6 is 0 Å². The zero-order valence-electron chi connectivity index (χ0n) is 16.5. The molecule has 1 aromatic heterocycles. The van der Waals surface area contributed by atoms with E-state index in [0.717, 1.165) is 17.0 Å². The van der Waals surface area contributed by atoms with Gasteiger partial charge < -0.3 is 14.5 Å². The highest BCUT2D eigenvalue weighted by atomic mass is 19.1. The van der Waals surface area contributed by atoms with Crippen LogP contribution in [0.2, 0.25) is 0 Å². The van der Waals surface area contributed by atoms with Crippen LogP contribution in [0.1, 0.15) is 10.5 Å². The third-order valence-electron chi connectivity index (χ3n) is 5.24. The van der Waals surface area contributed by atoms with Crippen LogP contribution < -0.4 is 9.64 Å². The molecule has 0 radical (unpaired) electrons. The summed E-state index contributed by atoms with van der Waals surface area (Å²) in [4.78, 5) is 16.7. The van der Waals surface area contributed by atoms with Crippen LogP contribution in [0.3, 0.4) is 0 Å². The summed E-state index contributed by atoms with van der Waals surface area (Å²) in [5, 5.41) is 4.42. The van der Waals surface area contributed by atoms with Gasteiger partial charge in [-0.25, -0.2) is 4.39 Å². The highest BCUT2D eigenvalue weighted by molar-refractivity contribution is 5.93. The normalized spacial score (nSPS) is 14.2. The van der Waals surface area contributed by atoms with Gasteiger partial charge in [-0.2, -0.15) is 5.10 Å². The Morgan fingerprint density at radius 3 is 2.38 bits per heavy atom. The number of amides is 1. The van der Waals surface area contributed by atoms with Gasteiger partial charge in [-0.3, -0.25) is 9.48 Å². The van der Waals surface area contributed by atoms with E-state index in [-0.39, 0.29) is 11.7 Å². The fraction of sp³-hybridized carbons (Fsp3) is 0.273. The number of para-hydroxylation sites is 1. The first-order chi connectivity index (χ1) is 14.1. The molecule has 3 aromatic rings. The molecule has 0 unspecified atom stereocenters. The van der Waals surface area contributed by atoms with E-state index in [4.69, 9.17) is 4.74 Å². The molecule has 0 saturated carbocycles. The predicted molar refractivity (Wildman–Crippen MR) is 110 cm³/mol. The van der Waals surface area contributed by atoms with Crippen molar-refractivity contribution in [2.45, 2.75) is 0 Å². The number of piperazine rings is 1. The molecule has 4 rings (SSSR count). The van der Waals surface area contributed by atoms with Crippen LogP contribution in [0.5, 0.6) is 5.75 Å². The van der Waals surface area contributed by atoms with Crippen LogP contribution in [0.4, 0.5) is 10.1 Å². The van der Waals surface area contributed by atoms with Gasteiger partial charge in [0.2, 0.25) is 0 Å². The largest absolute Gasteiger partial charge is 0.497 e. The number of halogens is 1. The van der Waals surface area contributed by atoms with E-state index in [1.807, 2.05) is 48.3 Å². The molecular formula is C22H23FN4O2. The molecular weight excluding hydrogens is 371 g/mol. The van der Waals surface area contributed by atoms with Gasteiger partial charge in [0.15, 0.2) is 5.69 Å². The average Bonchev–Trinajstić information content (AvgIpc) is 3.15. The molecule has 6 nitrogen and oxygen atoms in total. The monoisotopic (exact) mass is 394 g/mol. The first kappa shape index (κ1) is 19.0. The fourth-order valence-corrected chi connectivity index (χ4v) is 3.62. The van der Waals surface area contributed by atoms with Crippen LogP contribution in [-0.2, 0) is 7.05 Å². The molecule has 0 N–H and O–H groups in total. The third kappa shape index (κ3) is 3.81. The maximum absolute atomic E-state index is 14.0. The number of aryl methyl sites for hydroxylation is 1. The molecule has 0 bridgehead atoms. The maximum atomic E-state index is 14.0. The second kappa shape index (κ2) is 7.95. The highest BCUT2D eigenvalue weighted by Crippen LogP contribution is 2.24. The second-order valence-electron chi connectivity index (χ2n) is 7.00. The third-order valence-corrected chi connectivity index (χ3v) is 5.24. The number of rotatable bonds is 4. The zero-order chi connectivity index (χ0) is 20.4.